The number of benzene rings is 1. The molecule has 0 aliphatic carbocycles. The number of hydrogen-bond donors (Lipinski definition) is 1. The first-order chi connectivity index (χ1) is 9.79. The van der Waals surface area contributed by atoms with Gasteiger partial charge in [-0.15, -0.1) is 0 Å². The van der Waals surface area contributed by atoms with Crippen LogP contribution < -0.4 is 10.1 Å². The van der Waals surface area contributed by atoms with Crippen LogP contribution in [0.25, 0.3) is 0 Å². The molecule has 0 bridgehead atoms. The van der Waals surface area contributed by atoms with Gasteiger partial charge in [0.25, 0.3) is 5.91 Å². The molecule has 0 aliphatic rings. The van der Waals surface area contributed by atoms with Crippen molar-refractivity contribution >= 4 is 17.2 Å². The largest absolute Gasteiger partial charge is 0.484 e. The first-order valence-corrected chi connectivity index (χ1v) is 7.23. The number of ether oxygens (including phenoxy) is 2. The number of methoxy groups -OCH3 is 1. The van der Waals surface area contributed by atoms with Crippen molar-refractivity contribution in [3.63, 3.8) is 0 Å². The van der Waals surface area contributed by atoms with Crippen LogP contribution in [-0.2, 0) is 9.53 Å². The van der Waals surface area contributed by atoms with Gasteiger partial charge in [-0.2, -0.15) is 11.3 Å². The van der Waals surface area contributed by atoms with Crippen LogP contribution in [0.4, 0.5) is 0 Å². The van der Waals surface area contributed by atoms with E-state index in [1.807, 2.05) is 47.2 Å². The van der Waals surface area contributed by atoms with Crippen LogP contribution in [0.1, 0.15) is 11.7 Å². The SMILES string of the molecule is CO[C@H](CNC(=O)COc1ccccc1)c1ccsc1. The lowest BCUT2D eigenvalue weighted by Crippen LogP contribution is -2.32. The Morgan fingerprint density at radius 1 is 1.30 bits per heavy atom. The smallest absolute Gasteiger partial charge is 0.258 e. The van der Waals surface area contributed by atoms with E-state index in [2.05, 4.69) is 5.32 Å². The van der Waals surface area contributed by atoms with Gasteiger partial charge in [0.1, 0.15) is 11.9 Å². The molecule has 2 rings (SSSR count). The highest BCUT2D eigenvalue weighted by atomic mass is 32.1. The topological polar surface area (TPSA) is 47.6 Å². The highest BCUT2D eigenvalue weighted by Gasteiger charge is 2.12. The molecule has 0 saturated carbocycles. The number of carbonyl (C=O) groups excluding carboxylic acids is 1. The van der Waals surface area contributed by atoms with E-state index in [-0.39, 0.29) is 18.6 Å². The van der Waals surface area contributed by atoms with Crippen molar-refractivity contribution < 1.29 is 14.3 Å². The molecule has 1 N–H and O–H groups in total. The zero-order chi connectivity index (χ0) is 14.2. The van der Waals surface area contributed by atoms with Gasteiger partial charge in [0.05, 0.1) is 0 Å². The lowest BCUT2D eigenvalue weighted by molar-refractivity contribution is -0.123. The molecule has 5 heteroatoms. The molecule has 0 fully saturated rings. The minimum Gasteiger partial charge on any atom is -0.484 e. The van der Waals surface area contributed by atoms with E-state index in [1.54, 1.807) is 18.4 Å². The summed E-state index contributed by atoms with van der Waals surface area (Å²) in [6, 6.07) is 11.3. The molecule has 1 atom stereocenters. The zero-order valence-corrected chi connectivity index (χ0v) is 12.1. The van der Waals surface area contributed by atoms with Crippen LogP contribution >= 0.6 is 11.3 Å². The van der Waals surface area contributed by atoms with E-state index in [1.165, 1.54) is 0 Å². The molecule has 4 nitrogen and oxygen atoms in total. The number of para-hydroxylation sites is 1. The van der Waals surface area contributed by atoms with Crippen LogP contribution in [0.15, 0.2) is 47.2 Å². The number of thiophene rings is 1. The third-order valence-corrected chi connectivity index (χ3v) is 3.50. The van der Waals surface area contributed by atoms with E-state index in [0.717, 1.165) is 5.56 Å². The second kappa shape index (κ2) is 7.67. The summed E-state index contributed by atoms with van der Waals surface area (Å²) in [4.78, 5) is 11.7. The Balaban J connectivity index is 1.74. The lowest BCUT2D eigenvalue weighted by atomic mass is 10.2. The van der Waals surface area contributed by atoms with Gasteiger partial charge in [0.2, 0.25) is 0 Å². The Labute approximate surface area is 122 Å². The number of amides is 1. The maximum Gasteiger partial charge on any atom is 0.258 e. The quantitative estimate of drug-likeness (QED) is 0.853. The molecule has 0 saturated heterocycles. The minimum atomic E-state index is -0.161. The summed E-state index contributed by atoms with van der Waals surface area (Å²) in [5.41, 5.74) is 1.07. The second-order valence-electron chi connectivity index (χ2n) is 4.19. The van der Waals surface area contributed by atoms with E-state index in [4.69, 9.17) is 9.47 Å². The van der Waals surface area contributed by atoms with E-state index >= 15 is 0 Å². The molecule has 0 aliphatic heterocycles. The predicted molar refractivity (Wildman–Crippen MR) is 79.0 cm³/mol. The molecule has 106 valence electrons. The van der Waals surface area contributed by atoms with Crippen molar-refractivity contribution in [2.45, 2.75) is 6.10 Å². The summed E-state index contributed by atoms with van der Waals surface area (Å²) in [5.74, 6) is 0.523. The maximum absolute atomic E-state index is 11.7. The summed E-state index contributed by atoms with van der Waals surface area (Å²) in [7, 11) is 1.63. The maximum atomic E-state index is 11.7. The van der Waals surface area contributed by atoms with Gasteiger partial charge in [-0.05, 0) is 34.5 Å². The average molecular weight is 291 g/mol. The van der Waals surface area contributed by atoms with E-state index < -0.39 is 0 Å². The molecular weight excluding hydrogens is 274 g/mol. The number of rotatable bonds is 7. The normalized spacial score (nSPS) is 11.8. The molecule has 0 spiro atoms. The van der Waals surface area contributed by atoms with Gasteiger partial charge in [-0.1, -0.05) is 18.2 Å². The molecule has 1 aromatic heterocycles. The Hall–Kier alpha value is -1.85. The van der Waals surface area contributed by atoms with Crippen LogP contribution in [0, 0.1) is 0 Å². The fraction of sp³-hybridized carbons (Fsp3) is 0.267. The monoisotopic (exact) mass is 291 g/mol. The van der Waals surface area contributed by atoms with Crippen LogP contribution in [0.2, 0.25) is 0 Å². The minimum absolute atomic E-state index is 0.00405. The Bertz CT molecular complexity index is 513. The molecule has 1 amide bonds. The highest BCUT2D eigenvalue weighted by Crippen LogP contribution is 2.18. The van der Waals surface area contributed by atoms with Crippen LogP contribution in [-0.4, -0.2) is 26.2 Å². The molecule has 20 heavy (non-hydrogen) atoms. The van der Waals surface area contributed by atoms with Gasteiger partial charge in [0, 0.05) is 13.7 Å². The fourth-order valence-electron chi connectivity index (χ4n) is 1.72. The molecular formula is C15H17NO3S. The van der Waals surface area contributed by atoms with Gasteiger partial charge in [-0.3, -0.25) is 4.79 Å². The molecule has 1 heterocycles. The number of hydrogen-bond acceptors (Lipinski definition) is 4. The van der Waals surface area contributed by atoms with Gasteiger partial charge in [0.15, 0.2) is 6.61 Å². The average Bonchev–Trinajstić information content (AvgIpc) is 3.01. The Morgan fingerprint density at radius 2 is 2.10 bits per heavy atom. The van der Waals surface area contributed by atoms with Crippen molar-refractivity contribution in [1.29, 1.82) is 0 Å². The summed E-state index contributed by atoms with van der Waals surface area (Å²) < 4.78 is 10.7. The first-order valence-electron chi connectivity index (χ1n) is 6.29. The van der Waals surface area contributed by atoms with Crippen molar-refractivity contribution in [2.75, 3.05) is 20.3 Å². The third-order valence-electron chi connectivity index (χ3n) is 2.80. The lowest BCUT2D eigenvalue weighted by Gasteiger charge is -2.15. The fourth-order valence-corrected chi connectivity index (χ4v) is 2.42. The van der Waals surface area contributed by atoms with E-state index in [9.17, 15) is 4.79 Å². The summed E-state index contributed by atoms with van der Waals surface area (Å²) in [5, 5.41) is 6.81. The molecule has 0 unspecified atom stereocenters. The van der Waals surface area contributed by atoms with Crippen molar-refractivity contribution in [3.05, 3.63) is 52.7 Å². The van der Waals surface area contributed by atoms with Crippen molar-refractivity contribution in [2.24, 2.45) is 0 Å². The number of carbonyl (C=O) groups is 1. The van der Waals surface area contributed by atoms with Gasteiger partial charge < -0.3 is 14.8 Å². The Kier molecular flexibility index (Phi) is 5.58. The summed E-state index contributed by atoms with van der Waals surface area (Å²) >= 11 is 1.61. The third kappa shape index (κ3) is 4.36. The second-order valence-corrected chi connectivity index (χ2v) is 4.97. The molecule has 0 radical (unpaired) electrons. The van der Waals surface area contributed by atoms with Crippen molar-refractivity contribution in [3.8, 4) is 5.75 Å². The highest BCUT2D eigenvalue weighted by molar-refractivity contribution is 7.07. The molecule has 2 aromatic rings. The summed E-state index contributed by atoms with van der Waals surface area (Å²) in [6.07, 6.45) is -0.123. The van der Waals surface area contributed by atoms with Gasteiger partial charge >= 0.3 is 0 Å². The predicted octanol–water partition coefficient (Wildman–Crippen LogP) is 2.63. The standard InChI is InChI=1S/C15H17NO3S/c1-18-14(12-7-8-20-11-12)9-16-15(17)10-19-13-5-3-2-4-6-13/h2-8,11,14H,9-10H2,1H3,(H,16,17)/t14-/m1/s1. The van der Waals surface area contributed by atoms with E-state index in [0.29, 0.717) is 12.3 Å². The number of nitrogens with one attached hydrogen (secondary N) is 1. The molecule has 1 aromatic carbocycles. The summed E-state index contributed by atoms with van der Waals surface area (Å²) in [6.45, 7) is 0.439. The van der Waals surface area contributed by atoms with Crippen LogP contribution in [0.5, 0.6) is 5.75 Å². The van der Waals surface area contributed by atoms with Gasteiger partial charge in [-0.25, -0.2) is 0 Å². The van der Waals surface area contributed by atoms with Crippen molar-refractivity contribution in [1.82, 2.24) is 5.32 Å². The first kappa shape index (κ1) is 14.6. The Morgan fingerprint density at radius 3 is 2.75 bits per heavy atom. The van der Waals surface area contributed by atoms with Crippen LogP contribution in [0.3, 0.4) is 0 Å². The zero-order valence-electron chi connectivity index (χ0n) is 11.2.